The van der Waals surface area contributed by atoms with Crippen LogP contribution >= 0.6 is 0 Å². The van der Waals surface area contributed by atoms with E-state index in [9.17, 15) is 0 Å². The van der Waals surface area contributed by atoms with E-state index < -0.39 is 0 Å². The standard InChI is InChI=1S/C12H15N3O2/c1-16-12(4-5-17-9-12)8-15-11-3-2-10(6-13)7-14-11/h2-3,7H,4-5,8-9H2,1H3,(H,14,15). The number of methoxy groups -OCH3 is 1. The number of nitrogens with zero attached hydrogens (tertiary/aromatic N) is 2. The van der Waals surface area contributed by atoms with Gasteiger partial charge in [-0.1, -0.05) is 0 Å². The third kappa shape index (κ3) is 2.73. The number of aromatic nitrogens is 1. The van der Waals surface area contributed by atoms with E-state index in [1.807, 2.05) is 6.07 Å². The third-order valence-corrected chi connectivity index (χ3v) is 2.98. The molecule has 1 fully saturated rings. The van der Waals surface area contributed by atoms with Crippen LogP contribution in [0.15, 0.2) is 18.3 Å². The molecule has 1 aromatic rings. The van der Waals surface area contributed by atoms with Crippen molar-refractivity contribution in [3.05, 3.63) is 23.9 Å². The second-order valence-electron chi connectivity index (χ2n) is 4.09. The number of hydrogen-bond donors (Lipinski definition) is 1. The number of ether oxygens (including phenoxy) is 2. The van der Waals surface area contributed by atoms with Gasteiger partial charge in [0.2, 0.25) is 0 Å². The minimum absolute atomic E-state index is 0.254. The van der Waals surface area contributed by atoms with Crippen molar-refractivity contribution in [1.29, 1.82) is 5.26 Å². The number of hydrogen-bond acceptors (Lipinski definition) is 5. The molecule has 0 spiro atoms. The third-order valence-electron chi connectivity index (χ3n) is 2.98. The van der Waals surface area contributed by atoms with Crippen LogP contribution in [-0.2, 0) is 9.47 Å². The highest BCUT2D eigenvalue weighted by molar-refractivity contribution is 5.39. The van der Waals surface area contributed by atoms with Crippen molar-refractivity contribution in [3.8, 4) is 6.07 Å². The van der Waals surface area contributed by atoms with Gasteiger partial charge in [0, 0.05) is 32.9 Å². The Labute approximate surface area is 100 Å². The van der Waals surface area contributed by atoms with Gasteiger partial charge in [-0.3, -0.25) is 0 Å². The van der Waals surface area contributed by atoms with Crippen LogP contribution in [0.3, 0.4) is 0 Å². The van der Waals surface area contributed by atoms with E-state index in [-0.39, 0.29) is 5.60 Å². The van der Waals surface area contributed by atoms with Crippen LogP contribution in [0.5, 0.6) is 0 Å². The second kappa shape index (κ2) is 5.13. The van der Waals surface area contributed by atoms with Gasteiger partial charge in [-0.2, -0.15) is 5.26 Å². The monoisotopic (exact) mass is 233 g/mol. The largest absolute Gasteiger partial charge is 0.378 e. The average molecular weight is 233 g/mol. The molecular weight excluding hydrogens is 218 g/mol. The van der Waals surface area contributed by atoms with Gasteiger partial charge in [0.1, 0.15) is 17.5 Å². The van der Waals surface area contributed by atoms with E-state index in [1.165, 1.54) is 0 Å². The van der Waals surface area contributed by atoms with Crippen molar-refractivity contribution < 1.29 is 9.47 Å². The van der Waals surface area contributed by atoms with Gasteiger partial charge in [-0.25, -0.2) is 4.98 Å². The minimum Gasteiger partial charge on any atom is -0.378 e. The van der Waals surface area contributed by atoms with E-state index in [0.717, 1.165) is 18.8 Å². The Balaban J connectivity index is 1.94. The lowest BCUT2D eigenvalue weighted by Gasteiger charge is -2.26. The van der Waals surface area contributed by atoms with Crippen LogP contribution in [0.1, 0.15) is 12.0 Å². The molecule has 2 heterocycles. The van der Waals surface area contributed by atoms with Crippen LogP contribution in [0, 0.1) is 11.3 Å². The van der Waals surface area contributed by atoms with Crippen molar-refractivity contribution in [2.75, 3.05) is 32.2 Å². The maximum atomic E-state index is 8.66. The van der Waals surface area contributed by atoms with Gasteiger partial charge in [-0.05, 0) is 12.1 Å². The Morgan fingerprint density at radius 2 is 2.53 bits per heavy atom. The van der Waals surface area contributed by atoms with E-state index in [4.69, 9.17) is 14.7 Å². The Kier molecular flexibility index (Phi) is 3.57. The second-order valence-corrected chi connectivity index (χ2v) is 4.09. The number of anilines is 1. The lowest BCUT2D eigenvalue weighted by molar-refractivity contribution is -0.00625. The lowest BCUT2D eigenvalue weighted by Crippen LogP contribution is -2.39. The fourth-order valence-corrected chi connectivity index (χ4v) is 1.78. The first-order valence-electron chi connectivity index (χ1n) is 5.51. The molecule has 0 saturated carbocycles. The molecule has 1 saturated heterocycles. The highest BCUT2D eigenvalue weighted by Gasteiger charge is 2.34. The Bertz CT molecular complexity index is 405. The number of pyridine rings is 1. The molecular formula is C12H15N3O2. The maximum absolute atomic E-state index is 8.66. The molecule has 0 radical (unpaired) electrons. The number of rotatable bonds is 4. The van der Waals surface area contributed by atoms with Gasteiger partial charge >= 0.3 is 0 Å². The molecule has 1 N–H and O–H groups in total. The predicted molar refractivity (Wildman–Crippen MR) is 62.6 cm³/mol. The normalized spacial score (nSPS) is 23.3. The Hall–Kier alpha value is -1.64. The topological polar surface area (TPSA) is 67.2 Å². The summed E-state index contributed by atoms with van der Waals surface area (Å²) in [5.41, 5.74) is 0.302. The summed E-state index contributed by atoms with van der Waals surface area (Å²) in [6.07, 6.45) is 2.43. The summed E-state index contributed by atoms with van der Waals surface area (Å²) in [7, 11) is 1.70. The van der Waals surface area contributed by atoms with Crippen LogP contribution < -0.4 is 5.32 Å². The Morgan fingerprint density at radius 1 is 1.65 bits per heavy atom. The summed E-state index contributed by atoms with van der Waals surface area (Å²) in [4.78, 5) is 4.15. The van der Waals surface area contributed by atoms with Crippen molar-refractivity contribution >= 4 is 5.82 Å². The molecule has 1 unspecified atom stereocenters. The van der Waals surface area contributed by atoms with Crippen LogP contribution in [0.2, 0.25) is 0 Å². The molecule has 0 amide bonds. The smallest absolute Gasteiger partial charge is 0.126 e. The summed E-state index contributed by atoms with van der Waals surface area (Å²) in [6, 6.07) is 5.56. The molecule has 1 aliphatic rings. The fraction of sp³-hybridized carbons (Fsp3) is 0.500. The summed E-state index contributed by atoms with van der Waals surface area (Å²) in [5.74, 6) is 0.743. The van der Waals surface area contributed by atoms with Gasteiger partial charge in [0.15, 0.2) is 0 Å². The predicted octanol–water partition coefficient (Wildman–Crippen LogP) is 1.17. The Morgan fingerprint density at radius 3 is 3.06 bits per heavy atom. The molecule has 1 aromatic heterocycles. The summed E-state index contributed by atoms with van der Waals surface area (Å²) < 4.78 is 10.8. The molecule has 2 rings (SSSR count). The molecule has 0 aromatic carbocycles. The fourth-order valence-electron chi connectivity index (χ4n) is 1.78. The summed E-state index contributed by atoms with van der Waals surface area (Å²) in [5, 5.41) is 11.9. The molecule has 1 aliphatic heterocycles. The maximum Gasteiger partial charge on any atom is 0.126 e. The molecule has 90 valence electrons. The van der Waals surface area contributed by atoms with Gasteiger partial charge in [0.25, 0.3) is 0 Å². The molecule has 5 nitrogen and oxygen atoms in total. The van der Waals surface area contributed by atoms with E-state index in [1.54, 1.807) is 25.4 Å². The van der Waals surface area contributed by atoms with Crippen LogP contribution in [-0.4, -0.2) is 37.5 Å². The minimum atomic E-state index is -0.254. The first kappa shape index (κ1) is 11.8. The molecule has 17 heavy (non-hydrogen) atoms. The lowest BCUT2D eigenvalue weighted by atomic mass is 10.0. The quantitative estimate of drug-likeness (QED) is 0.845. The number of nitriles is 1. The highest BCUT2D eigenvalue weighted by Crippen LogP contribution is 2.22. The zero-order valence-corrected chi connectivity index (χ0v) is 9.77. The van der Waals surface area contributed by atoms with Gasteiger partial charge < -0.3 is 14.8 Å². The molecule has 0 aliphatic carbocycles. The van der Waals surface area contributed by atoms with Crippen LogP contribution in [0.25, 0.3) is 0 Å². The number of nitrogens with one attached hydrogen (secondary N) is 1. The van der Waals surface area contributed by atoms with Crippen molar-refractivity contribution in [2.24, 2.45) is 0 Å². The zero-order valence-electron chi connectivity index (χ0n) is 9.77. The summed E-state index contributed by atoms with van der Waals surface area (Å²) in [6.45, 7) is 1.99. The van der Waals surface area contributed by atoms with Crippen molar-refractivity contribution in [1.82, 2.24) is 4.98 Å². The van der Waals surface area contributed by atoms with E-state index in [0.29, 0.717) is 18.7 Å². The molecule has 5 heteroatoms. The first-order valence-corrected chi connectivity index (χ1v) is 5.51. The van der Waals surface area contributed by atoms with Crippen molar-refractivity contribution in [2.45, 2.75) is 12.0 Å². The highest BCUT2D eigenvalue weighted by atomic mass is 16.5. The van der Waals surface area contributed by atoms with E-state index in [2.05, 4.69) is 10.3 Å². The zero-order chi connectivity index (χ0) is 12.1. The van der Waals surface area contributed by atoms with Crippen LogP contribution in [0.4, 0.5) is 5.82 Å². The molecule has 0 bridgehead atoms. The summed E-state index contributed by atoms with van der Waals surface area (Å²) >= 11 is 0. The van der Waals surface area contributed by atoms with Gasteiger partial charge in [0.05, 0.1) is 12.2 Å². The average Bonchev–Trinajstić information content (AvgIpc) is 2.86. The molecule has 1 atom stereocenters. The van der Waals surface area contributed by atoms with Gasteiger partial charge in [-0.15, -0.1) is 0 Å². The first-order chi connectivity index (χ1) is 8.28. The van der Waals surface area contributed by atoms with E-state index >= 15 is 0 Å². The SMILES string of the molecule is COC1(CNc2ccc(C#N)cn2)CCOC1. The van der Waals surface area contributed by atoms with Crippen molar-refractivity contribution in [3.63, 3.8) is 0 Å².